The molecule has 0 unspecified atom stereocenters. The van der Waals surface area contributed by atoms with Gasteiger partial charge in [0.05, 0.1) is 12.1 Å². The van der Waals surface area contributed by atoms with Gasteiger partial charge in [-0.15, -0.1) is 6.58 Å². The third-order valence-electron chi connectivity index (χ3n) is 3.75. The van der Waals surface area contributed by atoms with E-state index in [1.807, 2.05) is 54.6 Å². The Morgan fingerprint density at radius 2 is 1.88 bits per heavy atom. The Morgan fingerprint density at radius 3 is 2.60 bits per heavy atom. The molecule has 4 nitrogen and oxygen atoms in total. The van der Waals surface area contributed by atoms with Crippen molar-refractivity contribution in [2.75, 3.05) is 6.54 Å². The number of carbonyl (C=O) groups excluding carboxylic acids is 1. The van der Waals surface area contributed by atoms with Crippen molar-refractivity contribution >= 4 is 17.5 Å². The molecule has 1 N–H and O–H groups in total. The highest BCUT2D eigenvalue weighted by molar-refractivity contribution is 6.31. The first-order valence-corrected chi connectivity index (χ1v) is 8.32. The summed E-state index contributed by atoms with van der Waals surface area (Å²) < 4.78 is 1.74. The summed E-state index contributed by atoms with van der Waals surface area (Å²) in [5.74, 6) is -0.177. The minimum Gasteiger partial charge on any atom is -0.348 e. The summed E-state index contributed by atoms with van der Waals surface area (Å²) in [6, 6.07) is 17.3. The summed E-state index contributed by atoms with van der Waals surface area (Å²) in [7, 11) is 0. The Hall–Kier alpha value is -2.85. The van der Waals surface area contributed by atoms with Crippen molar-refractivity contribution in [3.05, 3.63) is 89.6 Å². The smallest absolute Gasteiger partial charge is 0.255 e. The Labute approximate surface area is 151 Å². The number of carbonyl (C=O) groups is 1. The van der Waals surface area contributed by atoms with Crippen LogP contribution in [-0.2, 0) is 6.54 Å². The molecule has 25 heavy (non-hydrogen) atoms. The Morgan fingerprint density at radius 1 is 1.16 bits per heavy atom. The summed E-state index contributed by atoms with van der Waals surface area (Å²) in [4.78, 5) is 12.5. The molecule has 5 heteroatoms. The van der Waals surface area contributed by atoms with E-state index in [4.69, 9.17) is 11.6 Å². The van der Waals surface area contributed by atoms with Gasteiger partial charge in [-0.3, -0.25) is 9.48 Å². The molecule has 0 aliphatic carbocycles. The third kappa shape index (κ3) is 3.98. The van der Waals surface area contributed by atoms with Crippen LogP contribution >= 0.6 is 11.6 Å². The van der Waals surface area contributed by atoms with Crippen LogP contribution < -0.4 is 5.32 Å². The molecule has 0 saturated carbocycles. The molecule has 0 saturated heterocycles. The minimum absolute atomic E-state index is 0.177. The predicted octanol–water partition coefficient (Wildman–Crippen LogP) is 4.17. The SMILES string of the molecule is C=CCNC(=O)c1cn(Cc2ccccc2Cl)nc1-c1ccccc1. The fraction of sp³-hybridized carbons (Fsp3) is 0.100. The molecule has 1 amide bonds. The number of nitrogens with one attached hydrogen (secondary N) is 1. The van der Waals surface area contributed by atoms with Crippen LogP contribution in [0.2, 0.25) is 5.02 Å². The molecule has 1 heterocycles. The molecule has 0 radical (unpaired) electrons. The average Bonchev–Trinajstić information content (AvgIpc) is 3.06. The number of rotatable bonds is 6. The normalized spacial score (nSPS) is 10.4. The molecule has 0 fully saturated rings. The molecule has 0 bridgehead atoms. The van der Waals surface area contributed by atoms with Gasteiger partial charge in [0.1, 0.15) is 5.69 Å². The predicted molar refractivity (Wildman–Crippen MR) is 101 cm³/mol. The Bertz CT molecular complexity index is 887. The van der Waals surface area contributed by atoms with Crippen LogP contribution in [0.3, 0.4) is 0 Å². The zero-order valence-corrected chi connectivity index (χ0v) is 14.4. The number of nitrogens with zero attached hydrogens (tertiary/aromatic N) is 2. The van der Waals surface area contributed by atoms with Gasteiger partial charge in [-0.25, -0.2) is 0 Å². The van der Waals surface area contributed by atoms with E-state index >= 15 is 0 Å². The highest BCUT2D eigenvalue weighted by atomic mass is 35.5. The van der Waals surface area contributed by atoms with Gasteiger partial charge >= 0.3 is 0 Å². The van der Waals surface area contributed by atoms with Gasteiger partial charge < -0.3 is 5.32 Å². The van der Waals surface area contributed by atoms with Gasteiger partial charge in [0.25, 0.3) is 5.91 Å². The van der Waals surface area contributed by atoms with Crippen LogP contribution in [-0.4, -0.2) is 22.2 Å². The second-order valence-corrected chi connectivity index (χ2v) is 5.95. The van der Waals surface area contributed by atoms with Crippen molar-refractivity contribution in [3.8, 4) is 11.3 Å². The van der Waals surface area contributed by atoms with Crippen molar-refractivity contribution < 1.29 is 4.79 Å². The molecule has 3 rings (SSSR count). The van der Waals surface area contributed by atoms with E-state index in [-0.39, 0.29) is 5.91 Å². The summed E-state index contributed by atoms with van der Waals surface area (Å²) in [6.07, 6.45) is 3.40. The first-order valence-electron chi connectivity index (χ1n) is 7.94. The lowest BCUT2D eigenvalue weighted by Gasteiger charge is -2.04. The van der Waals surface area contributed by atoms with Crippen molar-refractivity contribution in [2.24, 2.45) is 0 Å². The van der Waals surface area contributed by atoms with E-state index in [9.17, 15) is 4.79 Å². The van der Waals surface area contributed by atoms with E-state index in [0.717, 1.165) is 11.1 Å². The van der Waals surface area contributed by atoms with E-state index in [2.05, 4.69) is 17.0 Å². The largest absolute Gasteiger partial charge is 0.348 e. The van der Waals surface area contributed by atoms with Crippen molar-refractivity contribution in [1.82, 2.24) is 15.1 Å². The standard InChI is InChI=1S/C20H18ClN3O/c1-2-12-22-20(25)17-14-24(13-16-10-6-7-11-18(16)21)23-19(17)15-8-4-3-5-9-15/h2-11,14H,1,12-13H2,(H,22,25). The molecule has 0 atom stereocenters. The van der Waals surface area contributed by atoms with E-state index in [1.165, 1.54) is 0 Å². The lowest BCUT2D eigenvalue weighted by Crippen LogP contribution is -2.23. The second kappa shape index (κ2) is 7.81. The van der Waals surface area contributed by atoms with Gasteiger partial charge in [0.2, 0.25) is 0 Å². The highest BCUT2D eigenvalue weighted by Crippen LogP contribution is 2.23. The van der Waals surface area contributed by atoms with Crippen molar-refractivity contribution in [1.29, 1.82) is 0 Å². The molecule has 0 aliphatic heterocycles. The van der Waals surface area contributed by atoms with Crippen molar-refractivity contribution in [3.63, 3.8) is 0 Å². The number of halogens is 1. The lowest BCUT2D eigenvalue weighted by atomic mass is 10.1. The maximum absolute atomic E-state index is 12.5. The Kier molecular flexibility index (Phi) is 5.31. The number of benzene rings is 2. The molecule has 126 valence electrons. The van der Waals surface area contributed by atoms with Crippen LogP contribution in [0.4, 0.5) is 0 Å². The molecule has 3 aromatic rings. The fourth-order valence-corrected chi connectivity index (χ4v) is 2.73. The van der Waals surface area contributed by atoms with Crippen LogP contribution in [0.5, 0.6) is 0 Å². The monoisotopic (exact) mass is 351 g/mol. The second-order valence-electron chi connectivity index (χ2n) is 5.55. The topological polar surface area (TPSA) is 46.9 Å². The zero-order valence-electron chi connectivity index (χ0n) is 13.7. The van der Waals surface area contributed by atoms with Gasteiger partial charge in [-0.05, 0) is 11.6 Å². The summed E-state index contributed by atoms with van der Waals surface area (Å²) in [6.45, 7) is 4.53. The molecule has 2 aromatic carbocycles. The van der Waals surface area contributed by atoms with Gasteiger partial charge in [-0.2, -0.15) is 5.10 Å². The van der Waals surface area contributed by atoms with Crippen LogP contribution in [0.15, 0.2) is 73.4 Å². The van der Waals surface area contributed by atoms with Crippen LogP contribution in [0.25, 0.3) is 11.3 Å². The number of amides is 1. The molecule has 0 spiro atoms. The van der Waals surface area contributed by atoms with E-state index < -0.39 is 0 Å². The molecular weight excluding hydrogens is 334 g/mol. The van der Waals surface area contributed by atoms with Crippen molar-refractivity contribution in [2.45, 2.75) is 6.54 Å². The number of hydrogen-bond acceptors (Lipinski definition) is 2. The lowest BCUT2D eigenvalue weighted by molar-refractivity contribution is 0.0958. The maximum Gasteiger partial charge on any atom is 0.255 e. The molecular formula is C20H18ClN3O. The number of aromatic nitrogens is 2. The first-order chi connectivity index (χ1) is 12.2. The molecule has 1 aromatic heterocycles. The minimum atomic E-state index is -0.177. The van der Waals surface area contributed by atoms with Crippen LogP contribution in [0, 0.1) is 0 Å². The maximum atomic E-state index is 12.5. The quantitative estimate of drug-likeness (QED) is 0.677. The fourth-order valence-electron chi connectivity index (χ4n) is 2.54. The summed E-state index contributed by atoms with van der Waals surface area (Å²) >= 11 is 6.24. The highest BCUT2D eigenvalue weighted by Gasteiger charge is 2.17. The summed E-state index contributed by atoms with van der Waals surface area (Å²) in [5, 5.41) is 8.11. The van der Waals surface area contributed by atoms with E-state index in [1.54, 1.807) is 17.0 Å². The van der Waals surface area contributed by atoms with Gasteiger partial charge in [0, 0.05) is 23.3 Å². The van der Waals surface area contributed by atoms with Crippen LogP contribution in [0.1, 0.15) is 15.9 Å². The average molecular weight is 352 g/mol. The van der Waals surface area contributed by atoms with E-state index in [0.29, 0.717) is 29.4 Å². The van der Waals surface area contributed by atoms with Gasteiger partial charge in [-0.1, -0.05) is 66.2 Å². The Balaban J connectivity index is 1.98. The first kappa shape index (κ1) is 17.0. The molecule has 0 aliphatic rings. The zero-order chi connectivity index (χ0) is 17.6. The number of hydrogen-bond donors (Lipinski definition) is 1. The third-order valence-corrected chi connectivity index (χ3v) is 4.12. The summed E-state index contributed by atoms with van der Waals surface area (Å²) in [5.41, 5.74) is 3.02. The van der Waals surface area contributed by atoms with Gasteiger partial charge in [0.15, 0.2) is 0 Å².